The number of aliphatic hydroxyl groups excluding tert-OH is 2. The molecule has 0 heterocycles. The van der Waals surface area contributed by atoms with Crippen LogP contribution in [0.5, 0.6) is 11.5 Å². The van der Waals surface area contributed by atoms with E-state index in [1.807, 2.05) is 38.1 Å². The summed E-state index contributed by atoms with van der Waals surface area (Å²) in [6.07, 6.45) is -1.66. The van der Waals surface area contributed by atoms with E-state index >= 15 is 0 Å². The third-order valence-electron chi connectivity index (χ3n) is 4.39. The molecule has 2 atom stereocenters. The molecule has 0 fully saturated rings. The molecule has 0 aliphatic rings. The molecular weight excluding hydrogens is 316 g/mol. The lowest BCUT2D eigenvalue weighted by atomic mass is 9.77. The van der Waals surface area contributed by atoms with Gasteiger partial charge in [-0.25, -0.2) is 0 Å². The lowest BCUT2D eigenvalue weighted by Gasteiger charge is -2.28. The van der Waals surface area contributed by atoms with Gasteiger partial charge in [0, 0.05) is 5.41 Å². The van der Waals surface area contributed by atoms with Gasteiger partial charge in [-0.15, -0.1) is 0 Å². The van der Waals surface area contributed by atoms with Gasteiger partial charge in [0.25, 0.3) is 0 Å². The van der Waals surface area contributed by atoms with E-state index in [1.165, 1.54) is 0 Å². The number of aryl methyl sites for hydroxylation is 2. The Morgan fingerprint density at radius 1 is 0.760 bits per heavy atom. The maximum atomic E-state index is 9.40. The largest absolute Gasteiger partial charge is 0.465 e. The first kappa shape index (κ1) is 19.3. The monoisotopic (exact) mass is 344 g/mol. The van der Waals surface area contributed by atoms with E-state index in [0.717, 1.165) is 22.3 Å². The predicted molar refractivity (Wildman–Crippen MR) is 99.1 cm³/mol. The molecule has 4 nitrogen and oxygen atoms in total. The summed E-state index contributed by atoms with van der Waals surface area (Å²) >= 11 is 0. The van der Waals surface area contributed by atoms with Gasteiger partial charge in [-0.2, -0.15) is 0 Å². The van der Waals surface area contributed by atoms with Gasteiger partial charge in [-0.05, 0) is 62.1 Å². The number of benzene rings is 2. The maximum Gasteiger partial charge on any atom is 0.194 e. The summed E-state index contributed by atoms with van der Waals surface area (Å²) < 4.78 is 10.8. The highest BCUT2D eigenvalue weighted by Crippen LogP contribution is 2.36. The van der Waals surface area contributed by atoms with Crippen LogP contribution < -0.4 is 9.47 Å². The Morgan fingerprint density at radius 2 is 1.12 bits per heavy atom. The van der Waals surface area contributed by atoms with E-state index in [2.05, 4.69) is 26.0 Å². The van der Waals surface area contributed by atoms with E-state index in [1.54, 1.807) is 13.8 Å². The molecule has 2 aromatic carbocycles. The van der Waals surface area contributed by atoms with Crippen LogP contribution in [0.4, 0.5) is 0 Å². The second-order valence-corrected chi connectivity index (χ2v) is 7.02. The smallest absolute Gasteiger partial charge is 0.194 e. The molecule has 0 radical (unpaired) electrons. The van der Waals surface area contributed by atoms with E-state index < -0.39 is 12.6 Å². The molecular formula is C21H28O4. The van der Waals surface area contributed by atoms with Crippen LogP contribution in [0, 0.1) is 13.8 Å². The van der Waals surface area contributed by atoms with Crippen molar-refractivity contribution in [3.8, 4) is 11.5 Å². The highest BCUT2D eigenvalue weighted by molar-refractivity contribution is 5.47. The second kappa shape index (κ2) is 7.46. The van der Waals surface area contributed by atoms with E-state index in [0.29, 0.717) is 11.5 Å². The first-order chi connectivity index (χ1) is 11.6. The van der Waals surface area contributed by atoms with Crippen LogP contribution in [-0.4, -0.2) is 22.8 Å². The lowest BCUT2D eigenvalue weighted by Crippen LogP contribution is -2.20. The molecule has 2 rings (SSSR count). The van der Waals surface area contributed by atoms with Crippen LogP contribution in [0.25, 0.3) is 0 Å². The number of ether oxygens (including phenoxy) is 2. The number of aliphatic hydroxyl groups is 2. The van der Waals surface area contributed by atoms with Gasteiger partial charge >= 0.3 is 0 Å². The van der Waals surface area contributed by atoms with Crippen molar-refractivity contribution in [1.82, 2.24) is 0 Å². The molecule has 4 heteroatoms. The lowest BCUT2D eigenvalue weighted by molar-refractivity contribution is -0.00136. The molecule has 0 aliphatic heterocycles. The molecule has 0 aromatic heterocycles. The maximum absolute atomic E-state index is 9.40. The zero-order chi connectivity index (χ0) is 18.8. The molecule has 0 aliphatic carbocycles. The number of hydrogen-bond donors (Lipinski definition) is 2. The van der Waals surface area contributed by atoms with Crippen molar-refractivity contribution in [2.45, 2.75) is 59.5 Å². The first-order valence-electron chi connectivity index (χ1n) is 8.53. The van der Waals surface area contributed by atoms with Gasteiger partial charge in [0.05, 0.1) is 0 Å². The predicted octanol–water partition coefficient (Wildman–Crippen LogP) is 4.06. The summed E-state index contributed by atoms with van der Waals surface area (Å²) in [7, 11) is 0. The fraction of sp³-hybridized carbons (Fsp3) is 0.429. The van der Waals surface area contributed by atoms with Gasteiger partial charge in [0.2, 0.25) is 0 Å². The van der Waals surface area contributed by atoms with Crippen molar-refractivity contribution in [1.29, 1.82) is 0 Å². The Kier molecular flexibility index (Phi) is 5.76. The zero-order valence-corrected chi connectivity index (χ0v) is 15.8. The SMILES string of the molecule is Cc1cc(C(C)(C)c2ccc(OC(C)O)c(C)c2)ccc1OC(C)O. The summed E-state index contributed by atoms with van der Waals surface area (Å²) in [4.78, 5) is 0. The van der Waals surface area contributed by atoms with Crippen molar-refractivity contribution in [2.24, 2.45) is 0 Å². The summed E-state index contributed by atoms with van der Waals surface area (Å²) in [5.74, 6) is 1.37. The fourth-order valence-electron chi connectivity index (χ4n) is 2.87. The molecule has 0 amide bonds. The normalized spacial score (nSPS) is 14.1. The molecule has 0 saturated carbocycles. The minimum absolute atomic E-state index is 0.206. The Labute approximate surface area is 150 Å². The van der Waals surface area contributed by atoms with Crippen LogP contribution in [0.15, 0.2) is 36.4 Å². The first-order valence-corrected chi connectivity index (χ1v) is 8.53. The van der Waals surface area contributed by atoms with Gasteiger partial charge < -0.3 is 19.7 Å². The van der Waals surface area contributed by atoms with Crippen LogP contribution >= 0.6 is 0 Å². The van der Waals surface area contributed by atoms with Crippen LogP contribution in [0.2, 0.25) is 0 Å². The Bertz CT molecular complexity index is 671. The summed E-state index contributed by atoms with van der Waals surface area (Å²) in [6, 6.07) is 12.0. The highest BCUT2D eigenvalue weighted by atomic mass is 16.6. The van der Waals surface area contributed by atoms with E-state index in [4.69, 9.17) is 9.47 Å². The average molecular weight is 344 g/mol. The molecule has 2 N–H and O–H groups in total. The minimum atomic E-state index is -0.832. The standard InChI is InChI=1S/C21H28O4/c1-13-11-17(7-9-19(13)24-15(3)22)21(5,6)18-8-10-20(14(2)12-18)25-16(4)23/h7-12,15-16,22-23H,1-6H3. The third-order valence-corrected chi connectivity index (χ3v) is 4.39. The van der Waals surface area contributed by atoms with Crippen molar-refractivity contribution < 1.29 is 19.7 Å². The molecule has 2 unspecified atom stereocenters. The van der Waals surface area contributed by atoms with Gasteiger partial charge in [0.1, 0.15) is 11.5 Å². The average Bonchev–Trinajstić information content (AvgIpc) is 2.50. The van der Waals surface area contributed by atoms with Crippen LogP contribution in [0.3, 0.4) is 0 Å². The molecule has 136 valence electrons. The van der Waals surface area contributed by atoms with Crippen molar-refractivity contribution in [3.05, 3.63) is 58.7 Å². The second-order valence-electron chi connectivity index (χ2n) is 7.02. The topological polar surface area (TPSA) is 58.9 Å². The highest BCUT2D eigenvalue weighted by Gasteiger charge is 2.24. The molecule has 0 bridgehead atoms. The molecule has 25 heavy (non-hydrogen) atoms. The number of hydrogen-bond acceptors (Lipinski definition) is 4. The third kappa shape index (κ3) is 4.53. The summed E-state index contributed by atoms with van der Waals surface area (Å²) in [5, 5.41) is 18.8. The Balaban J connectivity index is 2.35. The molecule has 0 saturated heterocycles. The van der Waals surface area contributed by atoms with Gasteiger partial charge in [-0.1, -0.05) is 38.1 Å². The van der Waals surface area contributed by atoms with E-state index in [-0.39, 0.29) is 5.41 Å². The minimum Gasteiger partial charge on any atom is -0.465 e. The van der Waals surface area contributed by atoms with Crippen molar-refractivity contribution in [3.63, 3.8) is 0 Å². The van der Waals surface area contributed by atoms with Crippen molar-refractivity contribution in [2.75, 3.05) is 0 Å². The van der Waals surface area contributed by atoms with Crippen LogP contribution in [-0.2, 0) is 5.41 Å². The Hall–Kier alpha value is -2.04. The quantitative estimate of drug-likeness (QED) is 0.776. The van der Waals surface area contributed by atoms with Crippen molar-refractivity contribution >= 4 is 0 Å². The van der Waals surface area contributed by atoms with Gasteiger partial charge in [-0.3, -0.25) is 0 Å². The zero-order valence-electron chi connectivity index (χ0n) is 15.8. The summed E-state index contributed by atoms with van der Waals surface area (Å²) in [5.41, 5.74) is 4.08. The van der Waals surface area contributed by atoms with Crippen LogP contribution in [0.1, 0.15) is 49.9 Å². The molecule has 2 aromatic rings. The number of rotatable bonds is 6. The fourth-order valence-corrected chi connectivity index (χ4v) is 2.87. The molecule has 0 spiro atoms. The summed E-state index contributed by atoms with van der Waals surface area (Å²) in [6.45, 7) is 11.5. The van der Waals surface area contributed by atoms with Gasteiger partial charge in [0.15, 0.2) is 12.6 Å². The van der Waals surface area contributed by atoms with E-state index in [9.17, 15) is 10.2 Å². The Morgan fingerprint density at radius 3 is 1.40 bits per heavy atom.